The summed E-state index contributed by atoms with van der Waals surface area (Å²) >= 11 is 0. The van der Waals surface area contributed by atoms with Crippen molar-refractivity contribution in [1.29, 1.82) is 0 Å². The summed E-state index contributed by atoms with van der Waals surface area (Å²) in [4.78, 5) is 10.6. The predicted octanol–water partition coefficient (Wildman–Crippen LogP) is 0.569. The third-order valence-electron chi connectivity index (χ3n) is 2.43. The van der Waals surface area contributed by atoms with Gasteiger partial charge in [0.1, 0.15) is 0 Å². The Morgan fingerprint density at radius 3 is 2.29 bits per heavy atom. The molecule has 1 saturated heterocycles. The molecule has 0 amide bonds. The zero-order chi connectivity index (χ0) is 10.2. The highest BCUT2D eigenvalue weighted by molar-refractivity contribution is 5.87. The van der Waals surface area contributed by atoms with Crippen LogP contribution in [0.25, 0.3) is 0 Å². The van der Waals surface area contributed by atoms with Crippen molar-refractivity contribution in [3.8, 4) is 0 Å². The minimum atomic E-state index is -0.924. The van der Waals surface area contributed by atoms with Crippen LogP contribution >= 0.6 is 0 Å². The maximum atomic E-state index is 10.6. The highest BCUT2D eigenvalue weighted by Gasteiger charge is 2.35. The van der Waals surface area contributed by atoms with Gasteiger partial charge in [-0.1, -0.05) is 12.1 Å². The number of carboxylic acid groups (broad SMARTS) is 1. The van der Waals surface area contributed by atoms with Crippen LogP contribution in [-0.4, -0.2) is 24.3 Å². The molecular weight excluding hydrogens is 182 g/mol. The van der Waals surface area contributed by atoms with Crippen LogP contribution in [0, 0.1) is 0 Å². The van der Waals surface area contributed by atoms with Gasteiger partial charge in [0, 0.05) is 0 Å². The Morgan fingerprint density at radius 1 is 1.36 bits per heavy atom. The van der Waals surface area contributed by atoms with E-state index in [1.54, 1.807) is 24.3 Å². The number of carboxylic acids is 1. The molecule has 0 unspecified atom stereocenters. The number of ether oxygens (including phenoxy) is 1. The van der Waals surface area contributed by atoms with Crippen molar-refractivity contribution < 1.29 is 14.6 Å². The first-order valence-corrected chi connectivity index (χ1v) is 4.32. The molecule has 1 aromatic carbocycles. The van der Waals surface area contributed by atoms with E-state index in [1.807, 2.05) is 0 Å². The summed E-state index contributed by atoms with van der Waals surface area (Å²) in [7, 11) is 0. The molecule has 0 radical (unpaired) electrons. The molecule has 14 heavy (non-hydrogen) atoms. The largest absolute Gasteiger partial charge is 0.478 e. The van der Waals surface area contributed by atoms with Crippen molar-refractivity contribution in [1.82, 2.24) is 0 Å². The summed E-state index contributed by atoms with van der Waals surface area (Å²) in [5, 5.41) is 8.69. The second-order valence-corrected chi connectivity index (χ2v) is 3.53. The first-order chi connectivity index (χ1) is 6.62. The number of carbonyl (C=O) groups is 1. The molecular formula is C10H11NO3. The zero-order valence-corrected chi connectivity index (χ0v) is 7.56. The highest BCUT2D eigenvalue weighted by Crippen LogP contribution is 2.26. The minimum Gasteiger partial charge on any atom is -0.478 e. The normalized spacial score (nSPS) is 18.6. The maximum Gasteiger partial charge on any atom is 0.335 e. The van der Waals surface area contributed by atoms with Gasteiger partial charge in [-0.3, -0.25) is 0 Å². The van der Waals surface area contributed by atoms with Gasteiger partial charge in [0.05, 0.1) is 24.3 Å². The van der Waals surface area contributed by atoms with E-state index in [0.29, 0.717) is 13.2 Å². The molecule has 1 aromatic rings. The number of hydrogen-bond donors (Lipinski definition) is 2. The van der Waals surface area contributed by atoms with E-state index in [-0.39, 0.29) is 5.56 Å². The Kier molecular flexibility index (Phi) is 2.02. The lowest BCUT2D eigenvalue weighted by molar-refractivity contribution is -0.0569. The number of hydrogen-bond acceptors (Lipinski definition) is 3. The Balaban J connectivity index is 2.25. The van der Waals surface area contributed by atoms with Crippen molar-refractivity contribution in [2.24, 2.45) is 5.73 Å². The van der Waals surface area contributed by atoms with Crippen molar-refractivity contribution in [3.05, 3.63) is 35.4 Å². The number of aromatic carboxylic acids is 1. The van der Waals surface area contributed by atoms with E-state index < -0.39 is 11.5 Å². The first kappa shape index (κ1) is 9.18. The van der Waals surface area contributed by atoms with E-state index in [2.05, 4.69) is 0 Å². The van der Waals surface area contributed by atoms with Gasteiger partial charge >= 0.3 is 5.97 Å². The van der Waals surface area contributed by atoms with Gasteiger partial charge in [-0.15, -0.1) is 0 Å². The van der Waals surface area contributed by atoms with Crippen LogP contribution in [0.5, 0.6) is 0 Å². The van der Waals surface area contributed by atoms with E-state index in [1.165, 1.54) is 0 Å². The van der Waals surface area contributed by atoms with Crippen molar-refractivity contribution in [3.63, 3.8) is 0 Å². The molecule has 4 nitrogen and oxygen atoms in total. The smallest absolute Gasteiger partial charge is 0.335 e. The molecule has 0 aliphatic carbocycles. The van der Waals surface area contributed by atoms with Crippen molar-refractivity contribution in [2.45, 2.75) is 5.54 Å². The fourth-order valence-electron chi connectivity index (χ4n) is 1.43. The quantitative estimate of drug-likeness (QED) is 0.720. The molecule has 74 valence electrons. The molecule has 3 N–H and O–H groups in total. The lowest BCUT2D eigenvalue weighted by atomic mass is 9.89. The highest BCUT2D eigenvalue weighted by atomic mass is 16.5. The monoisotopic (exact) mass is 193 g/mol. The van der Waals surface area contributed by atoms with Gasteiger partial charge in [-0.25, -0.2) is 4.79 Å². The van der Waals surface area contributed by atoms with Crippen molar-refractivity contribution >= 4 is 5.97 Å². The van der Waals surface area contributed by atoms with E-state index in [0.717, 1.165) is 5.56 Å². The second kappa shape index (κ2) is 3.08. The Hall–Kier alpha value is -1.39. The average molecular weight is 193 g/mol. The molecule has 1 heterocycles. The van der Waals surface area contributed by atoms with Crippen LogP contribution in [0.15, 0.2) is 24.3 Å². The predicted molar refractivity (Wildman–Crippen MR) is 50.1 cm³/mol. The molecule has 0 aromatic heterocycles. The van der Waals surface area contributed by atoms with Crippen LogP contribution in [0.2, 0.25) is 0 Å². The summed E-state index contributed by atoms with van der Waals surface area (Å²) in [6.45, 7) is 0.999. The van der Waals surface area contributed by atoms with Crippen LogP contribution in [0.3, 0.4) is 0 Å². The van der Waals surface area contributed by atoms with E-state index in [4.69, 9.17) is 15.6 Å². The molecule has 0 bridgehead atoms. The topological polar surface area (TPSA) is 72.6 Å². The molecule has 0 spiro atoms. The number of rotatable bonds is 2. The van der Waals surface area contributed by atoms with Crippen molar-refractivity contribution in [2.75, 3.05) is 13.2 Å². The van der Waals surface area contributed by atoms with Crippen LogP contribution in [0.4, 0.5) is 0 Å². The SMILES string of the molecule is NC1(c2ccc(C(=O)O)cc2)COC1. The van der Waals surface area contributed by atoms with Gasteiger partial charge in [-0.05, 0) is 17.7 Å². The molecule has 0 saturated carbocycles. The fraction of sp³-hybridized carbons (Fsp3) is 0.300. The van der Waals surface area contributed by atoms with Gasteiger partial charge in [0.15, 0.2) is 0 Å². The molecule has 1 fully saturated rings. The maximum absolute atomic E-state index is 10.6. The molecule has 1 aliphatic heterocycles. The Bertz CT molecular complexity index is 354. The van der Waals surface area contributed by atoms with E-state index in [9.17, 15) is 4.79 Å². The molecule has 0 atom stereocenters. The number of benzene rings is 1. The minimum absolute atomic E-state index is 0.276. The summed E-state index contributed by atoms with van der Waals surface area (Å²) in [5.41, 5.74) is 6.76. The number of nitrogens with two attached hydrogens (primary N) is 1. The van der Waals surface area contributed by atoms with Gasteiger partial charge in [-0.2, -0.15) is 0 Å². The average Bonchev–Trinajstić information content (AvgIpc) is 2.14. The zero-order valence-electron chi connectivity index (χ0n) is 7.56. The molecule has 4 heteroatoms. The van der Waals surface area contributed by atoms with E-state index >= 15 is 0 Å². The lowest BCUT2D eigenvalue weighted by Crippen LogP contribution is -2.54. The Morgan fingerprint density at radius 2 is 1.93 bits per heavy atom. The van der Waals surface area contributed by atoms with Gasteiger partial charge in [0.25, 0.3) is 0 Å². The molecule has 1 aliphatic rings. The first-order valence-electron chi connectivity index (χ1n) is 4.32. The summed E-state index contributed by atoms with van der Waals surface area (Å²) < 4.78 is 5.03. The standard InChI is InChI=1S/C10H11NO3/c11-10(5-14-6-10)8-3-1-7(2-4-8)9(12)13/h1-4H,5-6,11H2,(H,12,13). The van der Waals surface area contributed by atoms with Crippen LogP contribution < -0.4 is 5.73 Å². The van der Waals surface area contributed by atoms with Crippen LogP contribution in [-0.2, 0) is 10.3 Å². The second-order valence-electron chi connectivity index (χ2n) is 3.53. The van der Waals surface area contributed by atoms with Gasteiger partial charge < -0.3 is 15.6 Å². The van der Waals surface area contributed by atoms with Crippen LogP contribution in [0.1, 0.15) is 15.9 Å². The summed E-state index contributed by atoms with van der Waals surface area (Å²) in [6, 6.07) is 6.60. The lowest BCUT2D eigenvalue weighted by Gasteiger charge is -2.38. The summed E-state index contributed by atoms with van der Waals surface area (Å²) in [6.07, 6.45) is 0. The fourth-order valence-corrected chi connectivity index (χ4v) is 1.43. The molecule has 2 rings (SSSR count). The third-order valence-corrected chi connectivity index (χ3v) is 2.43. The third kappa shape index (κ3) is 1.38. The van der Waals surface area contributed by atoms with Gasteiger partial charge in [0.2, 0.25) is 0 Å². The Labute approximate surface area is 81.3 Å². The summed E-state index contributed by atoms with van der Waals surface area (Å²) in [5.74, 6) is -0.924.